The van der Waals surface area contributed by atoms with E-state index in [0.29, 0.717) is 22.8 Å². The standard InChI is InChI=1S/C19H17ClN2O4/c1-26-19(25)13-4-8-15(9-5-13)22-17(23)10-16(18(22)24)21-11-12-2-6-14(20)7-3-12/h2-9,16,21H,10-11H2,1H3/t16-/m1/s1. The van der Waals surface area contributed by atoms with Crippen LogP contribution in [0.15, 0.2) is 48.5 Å². The van der Waals surface area contributed by atoms with Crippen LogP contribution in [-0.4, -0.2) is 30.9 Å². The fraction of sp³-hybridized carbons (Fsp3) is 0.211. The molecule has 0 radical (unpaired) electrons. The minimum absolute atomic E-state index is 0.0885. The number of amides is 2. The number of carbonyl (C=O) groups is 3. The van der Waals surface area contributed by atoms with E-state index in [0.717, 1.165) is 10.5 Å². The molecule has 0 saturated carbocycles. The molecule has 3 rings (SSSR count). The first-order chi connectivity index (χ1) is 12.5. The van der Waals surface area contributed by atoms with Crippen LogP contribution in [0.4, 0.5) is 5.69 Å². The highest BCUT2D eigenvalue weighted by molar-refractivity contribution is 6.30. The minimum atomic E-state index is -0.585. The third-order valence-electron chi connectivity index (χ3n) is 4.16. The van der Waals surface area contributed by atoms with Gasteiger partial charge in [-0.15, -0.1) is 0 Å². The van der Waals surface area contributed by atoms with Crippen LogP contribution in [0.3, 0.4) is 0 Å². The summed E-state index contributed by atoms with van der Waals surface area (Å²) in [5.74, 6) is -1.07. The van der Waals surface area contributed by atoms with Crippen LogP contribution in [0.1, 0.15) is 22.3 Å². The number of anilines is 1. The summed E-state index contributed by atoms with van der Waals surface area (Å²) in [5, 5.41) is 3.75. The molecular weight excluding hydrogens is 356 g/mol. The maximum atomic E-state index is 12.6. The smallest absolute Gasteiger partial charge is 0.337 e. The highest BCUT2D eigenvalue weighted by Crippen LogP contribution is 2.24. The summed E-state index contributed by atoms with van der Waals surface area (Å²) in [6.45, 7) is 0.454. The number of ether oxygens (including phenoxy) is 1. The zero-order chi connectivity index (χ0) is 18.7. The van der Waals surface area contributed by atoms with Crippen LogP contribution in [-0.2, 0) is 20.9 Å². The molecule has 1 aliphatic rings. The number of hydrogen-bond donors (Lipinski definition) is 1. The van der Waals surface area contributed by atoms with Crippen molar-refractivity contribution < 1.29 is 19.1 Å². The number of methoxy groups -OCH3 is 1. The monoisotopic (exact) mass is 372 g/mol. The quantitative estimate of drug-likeness (QED) is 0.644. The number of imide groups is 1. The molecule has 0 unspecified atom stereocenters. The first-order valence-corrected chi connectivity index (χ1v) is 8.40. The van der Waals surface area contributed by atoms with Gasteiger partial charge in [-0.1, -0.05) is 23.7 Å². The summed E-state index contributed by atoms with van der Waals surface area (Å²) in [6, 6.07) is 12.8. The fourth-order valence-electron chi connectivity index (χ4n) is 2.77. The first-order valence-electron chi connectivity index (χ1n) is 8.02. The highest BCUT2D eigenvalue weighted by Gasteiger charge is 2.39. The molecule has 0 aliphatic carbocycles. The number of nitrogens with zero attached hydrogens (tertiary/aromatic N) is 1. The summed E-state index contributed by atoms with van der Waals surface area (Å²) < 4.78 is 4.64. The number of hydrogen-bond acceptors (Lipinski definition) is 5. The van der Waals surface area contributed by atoms with E-state index in [4.69, 9.17) is 11.6 Å². The molecule has 6 nitrogen and oxygen atoms in total. The van der Waals surface area contributed by atoms with Crippen molar-refractivity contribution in [1.82, 2.24) is 5.32 Å². The van der Waals surface area contributed by atoms with Crippen LogP contribution in [0.5, 0.6) is 0 Å². The maximum Gasteiger partial charge on any atom is 0.337 e. The lowest BCUT2D eigenvalue weighted by Gasteiger charge is -2.16. The van der Waals surface area contributed by atoms with Crippen LogP contribution < -0.4 is 10.2 Å². The van der Waals surface area contributed by atoms with Crippen LogP contribution in [0.25, 0.3) is 0 Å². The van der Waals surface area contributed by atoms with Gasteiger partial charge in [-0.05, 0) is 42.0 Å². The van der Waals surface area contributed by atoms with Gasteiger partial charge in [-0.2, -0.15) is 0 Å². The van der Waals surface area contributed by atoms with Gasteiger partial charge in [0, 0.05) is 11.6 Å². The molecule has 0 aromatic heterocycles. The average molecular weight is 373 g/mol. The Labute approximate surface area is 155 Å². The summed E-state index contributed by atoms with van der Waals surface area (Å²) in [4.78, 5) is 37.5. The summed E-state index contributed by atoms with van der Waals surface area (Å²) >= 11 is 5.85. The van der Waals surface area contributed by atoms with Gasteiger partial charge < -0.3 is 10.1 Å². The van der Waals surface area contributed by atoms with Crippen molar-refractivity contribution >= 4 is 35.1 Å². The summed E-state index contributed by atoms with van der Waals surface area (Å²) in [5.41, 5.74) is 1.76. The molecule has 1 aliphatic heterocycles. The normalized spacial score (nSPS) is 16.8. The molecule has 2 aromatic rings. The predicted octanol–water partition coefficient (Wildman–Crippen LogP) is 2.55. The van der Waals surface area contributed by atoms with Gasteiger partial charge in [0.25, 0.3) is 5.91 Å². The Balaban J connectivity index is 1.68. The van der Waals surface area contributed by atoms with Gasteiger partial charge in [0.1, 0.15) is 0 Å². The van der Waals surface area contributed by atoms with Gasteiger partial charge in [-0.25, -0.2) is 9.69 Å². The Morgan fingerprint density at radius 2 is 1.81 bits per heavy atom. The second kappa shape index (κ2) is 7.68. The third kappa shape index (κ3) is 3.76. The van der Waals surface area contributed by atoms with Crippen molar-refractivity contribution in [2.45, 2.75) is 19.0 Å². The molecule has 1 heterocycles. The lowest BCUT2D eigenvalue weighted by Crippen LogP contribution is -2.38. The first kappa shape index (κ1) is 18.1. The molecule has 2 aromatic carbocycles. The molecule has 1 fully saturated rings. The number of carbonyl (C=O) groups excluding carboxylic acids is 3. The molecule has 0 bridgehead atoms. The van der Waals surface area contributed by atoms with Gasteiger partial charge in [0.2, 0.25) is 5.91 Å². The van der Waals surface area contributed by atoms with E-state index in [9.17, 15) is 14.4 Å². The fourth-order valence-corrected chi connectivity index (χ4v) is 2.90. The van der Waals surface area contributed by atoms with E-state index in [1.807, 2.05) is 12.1 Å². The zero-order valence-corrected chi connectivity index (χ0v) is 14.8. The van der Waals surface area contributed by atoms with E-state index in [1.165, 1.54) is 19.2 Å². The van der Waals surface area contributed by atoms with E-state index in [1.54, 1.807) is 24.3 Å². The number of nitrogens with one attached hydrogen (secondary N) is 1. The number of rotatable bonds is 5. The maximum absolute atomic E-state index is 12.6. The highest BCUT2D eigenvalue weighted by atomic mass is 35.5. The van der Waals surface area contributed by atoms with Crippen molar-refractivity contribution in [3.63, 3.8) is 0 Å². The molecule has 0 spiro atoms. The zero-order valence-electron chi connectivity index (χ0n) is 14.1. The van der Waals surface area contributed by atoms with Gasteiger partial charge in [0.05, 0.1) is 30.8 Å². The largest absolute Gasteiger partial charge is 0.465 e. The molecule has 26 heavy (non-hydrogen) atoms. The van der Waals surface area contributed by atoms with Crippen LogP contribution in [0, 0.1) is 0 Å². The average Bonchev–Trinajstić information content (AvgIpc) is 2.94. The SMILES string of the molecule is COC(=O)c1ccc(N2C(=O)C[C@@H](NCc3ccc(Cl)cc3)C2=O)cc1. The number of esters is 1. The Hall–Kier alpha value is -2.70. The van der Waals surface area contributed by atoms with Crippen molar-refractivity contribution in [3.8, 4) is 0 Å². The molecule has 1 saturated heterocycles. The van der Waals surface area contributed by atoms with E-state index in [-0.39, 0.29) is 18.2 Å². The van der Waals surface area contributed by atoms with E-state index in [2.05, 4.69) is 10.1 Å². The van der Waals surface area contributed by atoms with E-state index < -0.39 is 12.0 Å². The van der Waals surface area contributed by atoms with E-state index >= 15 is 0 Å². The second-order valence-electron chi connectivity index (χ2n) is 5.87. The van der Waals surface area contributed by atoms with Crippen LogP contribution in [0.2, 0.25) is 5.02 Å². The van der Waals surface area contributed by atoms with Gasteiger partial charge in [-0.3, -0.25) is 9.59 Å². The summed E-state index contributed by atoms with van der Waals surface area (Å²) in [6.07, 6.45) is 0.0885. The lowest BCUT2D eigenvalue weighted by atomic mass is 10.2. The Morgan fingerprint density at radius 1 is 1.15 bits per heavy atom. The second-order valence-corrected chi connectivity index (χ2v) is 6.31. The number of benzene rings is 2. The number of halogens is 1. The van der Waals surface area contributed by atoms with Crippen molar-refractivity contribution in [1.29, 1.82) is 0 Å². The topological polar surface area (TPSA) is 75.7 Å². The van der Waals surface area contributed by atoms with Crippen molar-refractivity contribution in [2.75, 3.05) is 12.0 Å². The Bertz CT molecular complexity index is 834. The van der Waals surface area contributed by atoms with Gasteiger partial charge in [0.15, 0.2) is 0 Å². The molecule has 1 atom stereocenters. The van der Waals surface area contributed by atoms with Crippen LogP contribution >= 0.6 is 11.6 Å². The van der Waals surface area contributed by atoms with Crippen molar-refractivity contribution in [2.24, 2.45) is 0 Å². The molecule has 7 heteroatoms. The molecular formula is C19H17ClN2O4. The Morgan fingerprint density at radius 3 is 2.42 bits per heavy atom. The van der Waals surface area contributed by atoms with Gasteiger partial charge >= 0.3 is 5.97 Å². The lowest BCUT2D eigenvalue weighted by molar-refractivity contribution is -0.121. The van der Waals surface area contributed by atoms with Crippen molar-refractivity contribution in [3.05, 3.63) is 64.7 Å². The predicted molar refractivity (Wildman–Crippen MR) is 97.0 cm³/mol. The Kier molecular flexibility index (Phi) is 5.35. The molecule has 1 N–H and O–H groups in total. The minimum Gasteiger partial charge on any atom is -0.465 e. The molecule has 2 amide bonds. The summed E-state index contributed by atoms with van der Waals surface area (Å²) in [7, 11) is 1.29. The third-order valence-corrected chi connectivity index (χ3v) is 4.41. The molecule has 134 valence electrons.